The fourth-order valence-corrected chi connectivity index (χ4v) is 3.22. The van der Waals surface area contributed by atoms with E-state index >= 15 is 0 Å². The fraction of sp³-hybridized carbons (Fsp3) is 0.0526. The summed E-state index contributed by atoms with van der Waals surface area (Å²) in [4.78, 5) is 13.0. The van der Waals surface area contributed by atoms with Crippen molar-refractivity contribution < 1.29 is 5.11 Å². The zero-order chi connectivity index (χ0) is 19.0. The molecule has 3 N–H and O–H groups in total. The average Bonchev–Trinajstić information content (AvgIpc) is 3.05. The van der Waals surface area contributed by atoms with E-state index in [0.717, 1.165) is 16.6 Å². The third-order valence-electron chi connectivity index (χ3n) is 4.16. The summed E-state index contributed by atoms with van der Waals surface area (Å²) in [7, 11) is 0. The maximum atomic E-state index is 10.1. The zero-order valence-electron chi connectivity index (χ0n) is 14.0. The number of imidazole rings is 1. The van der Waals surface area contributed by atoms with Gasteiger partial charge in [-0.2, -0.15) is 10.2 Å². The largest absolute Gasteiger partial charge is 0.492 e. The van der Waals surface area contributed by atoms with Gasteiger partial charge in [-0.05, 0) is 35.9 Å². The molecule has 0 saturated heterocycles. The summed E-state index contributed by atoms with van der Waals surface area (Å²) >= 11 is 3.44. The van der Waals surface area contributed by atoms with Crippen LogP contribution in [0.3, 0.4) is 0 Å². The van der Waals surface area contributed by atoms with Crippen molar-refractivity contribution in [2.24, 2.45) is 0 Å². The number of nitrogens with zero attached hydrogens (tertiary/aromatic N) is 5. The predicted octanol–water partition coefficient (Wildman–Crippen LogP) is 3.54. The Balaban J connectivity index is 2.06. The number of anilines is 1. The zero-order valence-corrected chi connectivity index (χ0v) is 15.6. The molecule has 132 valence electrons. The lowest BCUT2D eigenvalue weighted by Gasteiger charge is -2.10. The highest BCUT2D eigenvalue weighted by atomic mass is 79.9. The Kier molecular flexibility index (Phi) is 4.22. The van der Waals surface area contributed by atoms with Crippen LogP contribution in [0, 0.1) is 11.3 Å². The van der Waals surface area contributed by atoms with Crippen molar-refractivity contribution in [3.63, 3.8) is 0 Å². The lowest BCUT2D eigenvalue weighted by atomic mass is 10.2. The van der Waals surface area contributed by atoms with Gasteiger partial charge in [-0.25, -0.2) is 9.97 Å². The van der Waals surface area contributed by atoms with Crippen LogP contribution in [0.1, 0.15) is 11.1 Å². The van der Waals surface area contributed by atoms with Crippen LogP contribution in [0.25, 0.3) is 28.2 Å². The normalized spacial score (nSPS) is 10.8. The first kappa shape index (κ1) is 17.0. The standard InChI is InChI=1S/C19H13BrN6O/c20-9-11-3-5-13(6-4-11)26-17(14-2-1-7-23-16(14)22)24-15-8-12(10-21)19(27)25-18(15)26/h1-8H,9H2,(H2,22,23)(H,25,27). The van der Waals surface area contributed by atoms with Crippen molar-refractivity contribution in [3.05, 3.63) is 59.8 Å². The Bertz CT molecular complexity index is 1190. The van der Waals surface area contributed by atoms with E-state index in [-0.39, 0.29) is 11.4 Å². The quantitative estimate of drug-likeness (QED) is 0.489. The maximum absolute atomic E-state index is 10.1. The maximum Gasteiger partial charge on any atom is 0.231 e. The third-order valence-corrected chi connectivity index (χ3v) is 4.81. The average molecular weight is 421 g/mol. The number of hydrogen-bond acceptors (Lipinski definition) is 6. The van der Waals surface area contributed by atoms with E-state index in [1.165, 1.54) is 6.07 Å². The third kappa shape index (κ3) is 2.88. The molecule has 0 atom stereocenters. The monoisotopic (exact) mass is 420 g/mol. The van der Waals surface area contributed by atoms with E-state index in [4.69, 9.17) is 5.73 Å². The van der Waals surface area contributed by atoms with Crippen molar-refractivity contribution in [3.8, 4) is 29.0 Å². The van der Waals surface area contributed by atoms with Gasteiger partial charge in [0.25, 0.3) is 0 Å². The topological polar surface area (TPSA) is 114 Å². The molecule has 27 heavy (non-hydrogen) atoms. The Morgan fingerprint density at radius 3 is 2.63 bits per heavy atom. The SMILES string of the molecule is N#Cc1cc2nc(-c3cccnc3N)n(-c3ccc(CBr)cc3)c2nc1O. The molecule has 7 nitrogen and oxygen atoms in total. The van der Waals surface area contributed by atoms with Crippen molar-refractivity contribution in [1.82, 2.24) is 19.5 Å². The molecular formula is C19H13BrN6O. The highest BCUT2D eigenvalue weighted by Crippen LogP contribution is 2.32. The van der Waals surface area contributed by atoms with Gasteiger partial charge < -0.3 is 10.8 Å². The van der Waals surface area contributed by atoms with Crippen molar-refractivity contribution in [1.29, 1.82) is 5.26 Å². The van der Waals surface area contributed by atoms with Crippen LogP contribution in [0.15, 0.2) is 48.7 Å². The number of aromatic hydroxyl groups is 1. The van der Waals surface area contributed by atoms with Crippen LogP contribution in [0.5, 0.6) is 5.88 Å². The molecule has 0 aliphatic heterocycles. The second-order valence-corrected chi connectivity index (χ2v) is 6.38. The van der Waals surface area contributed by atoms with E-state index in [0.29, 0.717) is 28.4 Å². The van der Waals surface area contributed by atoms with Gasteiger partial charge in [-0.1, -0.05) is 28.1 Å². The number of fused-ring (bicyclic) bond motifs is 1. The van der Waals surface area contributed by atoms with Gasteiger partial charge >= 0.3 is 0 Å². The Morgan fingerprint density at radius 1 is 1.19 bits per heavy atom. The minimum atomic E-state index is -0.339. The van der Waals surface area contributed by atoms with Crippen LogP contribution >= 0.6 is 15.9 Å². The van der Waals surface area contributed by atoms with Crippen LogP contribution in [0.2, 0.25) is 0 Å². The summed E-state index contributed by atoms with van der Waals surface area (Å²) in [5, 5.41) is 20.0. The molecule has 0 spiro atoms. The Hall–Kier alpha value is -3.44. The molecule has 4 rings (SSSR count). The van der Waals surface area contributed by atoms with Gasteiger partial charge in [0, 0.05) is 17.2 Å². The van der Waals surface area contributed by atoms with Gasteiger partial charge in [-0.3, -0.25) is 4.57 Å². The second-order valence-electron chi connectivity index (χ2n) is 5.82. The molecule has 3 heterocycles. The molecule has 0 bridgehead atoms. The highest BCUT2D eigenvalue weighted by molar-refractivity contribution is 9.08. The first-order chi connectivity index (χ1) is 13.1. The second kappa shape index (κ2) is 6.70. The van der Waals surface area contributed by atoms with Crippen molar-refractivity contribution >= 4 is 32.9 Å². The lowest BCUT2D eigenvalue weighted by Crippen LogP contribution is -2.02. The van der Waals surface area contributed by atoms with Crippen LogP contribution in [0.4, 0.5) is 5.82 Å². The molecule has 0 unspecified atom stereocenters. The highest BCUT2D eigenvalue weighted by Gasteiger charge is 2.19. The molecule has 4 aromatic rings. The summed E-state index contributed by atoms with van der Waals surface area (Å²) in [5.41, 5.74) is 9.59. The van der Waals surface area contributed by atoms with Crippen molar-refractivity contribution in [2.45, 2.75) is 5.33 Å². The van der Waals surface area contributed by atoms with E-state index in [1.807, 2.05) is 36.4 Å². The number of benzene rings is 1. The number of halogens is 1. The minimum Gasteiger partial charge on any atom is -0.492 e. The molecule has 0 amide bonds. The fourth-order valence-electron chi connectivity index (χ4n) is 2.84. The van der Waals surface area contributed by atoms with Gasteiger partial charge in [-0.15, -0.1) is 0 Å². The predicted molar refractivity (Wildman–Crippen MR) is 106 cm³/mol. The molecule has 8 heteroatoms. The minimum absolute atomic E-state index is 0.0625. The molecule has 0 saturated carbocycles. The van der Waals surface area contributed by atoms with Gasteiger partial charge in [0.15, 0.2) is 11.5 Å². The first-order valence-electron chi connectivity index (χ1n) is 8.01. The van der Waals surface area contributed by atoms with Crippen LogP contribution in [-0.2, 0) is 5.33 Å². The number of alkyl halides is 1. The Labute approximate surface area is 162 Å². The smallest absolute Gasteiger partial charge is 0.231 e. The molecule has 1 aromatic carbocycles. The van der Waals surface area contributed by atoms with E-state index < -0.39 is 0 Å². The summed E-state index contributed by atoms with van der Waals surface area (Å²) < 4.78 is 1.79. The summed E-state index contributed by atoms with van der Waals surface area (Å²) in [6.45, 7) is 0. The van der Waals surface area contributed by atoms with Gasteiger partial charge in [0.2, 0.25) is 5.88 Å². The number of nitrogen functional groups attached to an aromatic ring is 1. The van der Waals surface area contributed by atoms with E-state index in [9.17, 15) is 10.4 Å². The summed E-state index contributed by atoms with van der Waals surface area (Å²) in [6, 6.07) is 14.9. The number of nitriles is 1. The molecule has 0 radical (unpaired) electrons. The van der Waals surface area contributed by atoms with Crippen molar-refractivity contribution in [2.75, 3.05) is 5.73 Å². The number of pyridine rings is 2. The summed E-state index contributed by atoms with van der Waals surface area (Å²) in [5.74, 6) is 0.522. The number of nitrogens with two attached hydrogens (primary N) is 1. The number of rotatable bonds is 3. The summed E-state index contributed by atoms with van der Waals surface area (Å²) in [6.07, 6.45) is 1.61. The number of hydrogen-bond donors (Lipinski definition) is 2. The molecule has 0 aliphatic carbocycles. The van der Waals surface area contributed by atoms with Gasteiger partial charge in [0.05, 0.1) is 5.56 Å². The Morgan fingerprint density at radius 2 is 1.96 bits per heavy atom. The lowest BCUT2D eigenvalue weighted by molar-refractivity contribution is 0.453. The van der Waals surface area contributed by atoms with E-state index in [2.05, 4.69) is 30.9 Å². The molecule has 0 fully saturated rings. The first-order valence-corrected chi connectivity index (χ1v) is 9.13. The molecule has 3 aromatic heterocycles. The van der Waals surface area contributed by atoms with Crippen LogP contribution in [-0.4, -0.2) is 24.6 Å². The molecule has 0 aliphatic rings. The van der Waals surface area contributed by atoms with Crippen LogP contribution < -0.4 is 5.73 Å². The van der Waals surface area contributed by atoms with Gasteiger partial charge in [0.1, 0.15) is 23.0 Å². The molecular weight excluding hydrogens is 408 g/mol. The van der Waals surface area contributed by atoms with E-state index in [1.54, 1.807) is 16.8 Å². The number of aromatic nitrogens is 4.